The summed E-state index contributed by atoms with van der Waals surface area (Å²) in [4.78, 5) is 12.1. The van der Waals surface area contributed by atoms with Gasteiger partial charge in [0.2, 0.25) is 10.0 Å². The second-order valence-electron chi connectivity index (χ2n) is 8.15. The Labute approximate surface area is 194 Å². The third-order valence-corrected chi connectivity index (χ3v) is 7.22. The zero-order valence-corrected chi connectivity index (χ0v) is 19.6. The minimum Gasteiger partial charge on any atom is -0.355 e. The SMILES string of the molecule is CNC(=O)c1cccc(-c2cc(Nc3cccc4c3CCN(S(C)(=O)=O)C4)ccc2CN)c1. The summed E-state index contributed by atoms with van der Waals surface area (Å²) in [6, 6.07) is 19.4. The van der Waals surface area contributed by atoms with Crippen LogP contribution in [0.4, 0.5) is 11.4 Å². The number of nitrogens with one attached hydrogen (secondary N) is 2. The van der Waals surface area contributed by atoms with E-state index in [1.54, 1.807) is 13.1 Å². The third kappa shape index (κ3) is 4.93. The Kier molecular flexibility index (Phi) is 6.51. The summed E-state index contributed by atoms with van der Waals surface area (Å²) < 4.78 is 25.4. The van der Waals surface area contributed by atoms with E-state index < -0.39 is 10.0 Å². The zero-order valence-electron chi connectivity index (χ0n) is 18.8. The molecule has 1 aliphatic heterocycles. The van der Waals surface area contributed by atoms with Crippen molar-refractivity contribution < 1.29 is 13.2 Å². The minimum atomic E-state index is -3.22. The predicted octanol–water partition coefficient (Wildman–Crippen LogP) is 3.23. The Morgan fingerprint density at radius 2 is 1.88 bits per heavy atom. The van der Waals surface area contributed by atoms with Gasteiger partial charge in [0.15, 0.2) is 0 Å². The van der Waals surface area contributed by atoms with Crippen molar-refractivity contribution in [3.63, 3.8) is 0 Å². The highest BCUT2D eigenvalue weighted by Crippen LogP contribution is 2.32. The van der Waals surface area contributed by atoms with Crippen LogP contribution in [0.3, 0.4) is 0 Å². The first kappa shape index (κ1) is 23.0. The van der Waals surface area contributed by atoms with E-state index in [-0.39, 0.29) is 5.91 Å². The molecule has 1 heterocycles. The van der Waals surface area contributed by atoms with Gasteiger partial charge in [-0.1, -0.05) is 30.3 Å². The second kappa shape index (κ2) is 9.35. The van der Waals surface area contributed by atoms with Crippen molar-refractivity contribution >= 4 is 27.3 Å². The summed E-state index contributed by atoms with van der Waals surface area (Å²) in [5.74, 6) is -0.139. The molecular weight excluding hydrogens is 436 g/mol. The standard InChI is InChI=1S/C25H28N4O3S/c1-27-25(30)18-6-3-5-17(13-18)23-14-21(10-9-19(23)15-26)28-24-8-4-7-20-16-29(33(2,31)32)12-11-22(20)24/h3-10,13-14,28H,11-12,15-16,26H2,1-2H3,(H,27,30). The van der Waals surface area contributed by atoms with Gasteiger partial charge in [-0.15, -0.1) is 0 Å². The molecule has 33 heavy (non-hydrogen) atoms. The van der Waals surface area contributed by atoms with Gasteiger partial charge in [-0.05, 0) is 64.6 Å². The van der Waals surface area contributed by atoms with Gasteiger partial charge >= 0.3 is 0 Å². The van der Waals surface area contributed by atoms with Gasteiger partial charge in [0.25, 0.3) is 5.91 Å². The highest BCUT2D eigenvalue weighted by atomic mass is 32.2. The maximum Gasteiger partial charge on any atom is 0.251 e. The normalized spacial score (nSPS) is 13.9. The van der Waals surface area contributed by atoms with Crippen LogP contribution in [0.2, 0.25) is 0 Å². The molecule has 3 aromatic rings. The molecule has 4 rings (SSSR count). The topological polar surface area (TPSA) is 105 Å². The first-order valence-corrected chi connectivity index (χ1v) is 12.6. The van der Waals surface area contributed by atoms with Gasteiger partial charge in [0.05, 0.1) is 6.26 Å². The highest BCUT2D eigenvalue weighted by molar-refractivity contribution is 7.88. The fraction of sp³-hybridized carbons (Fsp3) is 0.240. The maximum atomic E-state index is 12.1. The Hall–Kier alpha value is -3.20. The lowest BCUT2D eigenvalue weighted by atomic mass is 9.96. The molecule has 8 heteroatoms. The van der Waals surface area contributed by atoms with Crippen LogP contribution in [0.15, 0.2) is 60.7 Å². The van der Waals surface area contributed by atoms with Crippen LogP contribution < -0.4 is 16.4 Å². The number of hydrogen-bond donors (Lipinski definition) is 3. The molecule has 0 aromatic heterocycles. The van der Waals surface area contributed by atoms with Crippen LogP contribution in [0.5, 0.6) is 0 Å². The van der Waals surface area contributed by atoms with Crippen molar-refractivity contribution in [1.29, 1.82) is 0 Å². The maximum absolute atomic E-state index is 12.1. The molecule has 4 N–H and O–H groups in total. The van der Waals surface area contributed by atoms with E-state index in [4.69, 9.17) is 5.73 Å². The largest absolute Gasteiger partial charge is 0.355 e. The number of anilines is 2. The van der Waals surface area contributed by atoms with Gasteiger partial charge in [-0.3, -0.25) is 4.79 Å². The first-order chi connectivity index (χ1) is 15.8. The van der Waals surface area contributed by atoms with Gasteiger partial charge < -0.3 is 16.4 Å². The van der Waals surface area contributed by atoms with E-state index in [9.17, 15) is 13.2 Å². The molecule has 0 atom stereocenters. The molecule has 0 radical (unpaired) electrons. The number of amides is 1. The van der Waals surface area contributed by atoms with Crippen LogP contribution in [-0.2, 0) is 29.5 Å². The summed E-state index contributed by atoms with van der Waals surface area (Å²) in [6.45, 7) is 1.23. The number of benzene rings is 3. The van der Waals surface area contributed by atoms with Crippen LogP contribution in [-0.4, -0.2) is 38.5 Å². The molecular formula is C25H28N4O3S. The quantitative estimate of drug-likeness (QED) is 0.520. The molecule has 0 spiro atoms. The fourth-order valence-corrected chi connectivity index (χ4v) is 5.01. The molecule has 1 amide bonds. The van der Waals surface area contributed by atoms with E-state index >= 15 is 0 Å². The Balaban J connectivity index is 1.67. The van der Waals surface area contributed by atoms with Crippen molar-refractivity contribution in [1.82, 2.24) is 9.62 Å². The monoisotopic (exact) mass is 464 g/mol. The Morgan fingerprint density at radius 3 is 2.61 bits per heavy atom. The molecule has 0 aliphatic carbocycles. The van der Waals surface area contributed by atoms with Gasteiger partial charge in [-0.25, -0.2) is 8.42 Å². The lowest BCUT2D eigenvalue weighted by Crippen LogP contribution is -2.35. The molecule has 0 unspecified atom stereocenters. The lowest BCUT2D eigenvalue weighted by Gasteiger charge is -2.28. The third-order valence-electron chi connectivity index (χ3n) is 5.97. The predicted molar refractivity (Wildman–Crippen MR) is 132 cm³/mol. The average Bonchev–Trinajstić information content (AvgIpc) is 2.83. The molecule has 172 valence electrons. The highest BCUT2D eigenvalue weighted by Gasteiger charge is 2.24. The van der Waals surface area contributed by atoms with E-state index in [1.165, 1.54) is 10.6 Å². The molecule has 0 saturated carbocycles. The number of nitrogens with zero attached hydrogens (tertiary/aromatic N) is 1. The van der Waals surface area contributed by atoms with Crippen LogP contribution >= 0.6 is 0 Å². The van der Waals surface area contributed by atoms with E-state index in [1.807, 2.05) is 54.6 Å². The number of carbonyl (C=O) groups excluding carboxylic acids is 1. The van der Waals surface area contributed by atoms with E-state index in [2.05, 4.69) is 10.6 Å². The molecule has 1 aliphatic rings. The summed E-state index contributed by atoms with van der Waals surface area (Å²) in [5, 5.41) is 6.16. The summed E-state index contributed by atoms with van der Waals surface area (Å²) >= 11 is 0. The molecule has 3 aromatic carbocycles. The van der Waals surface area contributed by atoms with Crippen molar-refractivity contribution in [2.45, 2.75) is 19.5 Å². The first-order valence-electron chi connectivity index (χ1n) is 10.8. The number of rotatable bonds is 6. The molecule has 7 nitrogen and oxygen atoms in total. The number of nitrogens with two attached hydrogens (primary N) is 1. The van der Waals surface area contributed by atoms with Gasteiger partial charge in [0.1, 0.15) is 0 Å². The van der Waals surface area contributed by atoms with Crippen molar-refractivity contribution in [3.8, 4) is 11.1 Å². The number of fused-ring (bicyclic) bond motifs is 1. The van der Waals surface area contributed by atoms with E-state index in [0.717, 1.165) is 39.2 Å². The zero-order chi connectivity index (χ0) is 23.6. The van der Waals surface area contributed by atoms with Crippen molar-refractivity contribution in [3.05, 3.63) is 82.9 Å². The van der Waals surface area contributed by atoms with Gasteiger partial charge in [-0.2, -0.15) is 4.31 Å². The van der Waals surface area contributed by atoms with E-state index in [0.29, 0.717) is 31.6 Å². The Morgan fingerprint density at radius 1 is 1.09 bits per heavy atom. The van der Waals surface area contributed by atoms with Crippen molar-refractivity contribution in [2.75, 3.05) is 25.2 Å². The number of carbonyl (C=O) groups is 1. The summed E-state index contributed by atoms with van der Waals surface area (Å²) in [6.07, 6.45) is 1.90. The Bertz CT molecular complexity index is 1300. The number of hydrogen-bond acceptors (Lipinski definition) is 5. The molecule has 0 fully saturated rings. The second-order valence-corrected chi connectivity index (χ2v) is 10.1. The van der Waals surface area contributed by atoms with Crippen LogP contribution in [0.1, 0.15) is 27.0 Å². The smallest absolute Gasteiger partial charge is 0.251 e. The van der Waals surface area contributed by atoms with Gasteiger partial charge in [0, 0.05) is 43.6 Å². The lowest BCUT2D eigenvalue weighted by molar-refractivity contribution is 0.0963. The van der Waals surface area contributed by atoms with Crippen LogP contribution in [0, 0.1) is 0 Å². The van der Waals surface area contributed by atoms with Crippen molar-refractivity contribution in [2.24, 2.45) is 5.73 Å². The van der Waals surface area contributed by atoms with Crippen LogP contribution in [0.25, 0.3) is 11.1 Å². The summed E-state index contributed by atoms with van der Waals surface area (Å²) in [5.41, 5.74) is 13.4. The summed E-state index contributed by atoms with van der Waals surface area (Å²) in [7, 11) is -1.61. The number of sulfonamides is 1. The molecule has 0 saturated heterocycles. The fourth-order valence-electron chi connectivity index (χ4n) is 4.21. The molecule has 0 bridgehead atoms. The average molecular weight is 465 g/mol. The minimum absolute atomic E-state index is 0.139.